The molecule has 9 heteroatoms. The predicted molar refractivity (Wildman–Crippen MR) is 119 cm³/mol. The average molecular weight is 494 g/mol. The van der Waals surface area contributed by atoms with Gasteiger partial charge < -0.3 is 10.1 Å². The molecule has 150 valence electrons. The molecule has 0 bridgehead atoms. The Balaban J connectivity index is 1.61. The number of hydrogen-bond donors (Lipinski definition) is 1. The van der Waals surface area contributed by atoms with Crippen molar-refractivity contribution in [2.24, 2.45) is 0 Å². The molecule has 0 radical (unpaired) electrons. The van der Waals surface area contributed by atoms with Crippen molar-refractivity contribution in [1.29, 1.82) is 0 Å². The van der Waals surface area contributed by atoms with Crippen LogP contribution in [0.1, 0.15) is 5.82 Å². The summed E-state index contributed by atoms with van der Waals surface area (Å²) < 4.78 is 8.48. The van der Waals surface area contributed by atoms with E-state index in [9.17, 15) is 4.79 Å². The van der Waals surface area contributed by atoms with Crippen LogP contribution in [-0.4, -0.2) is 26.4 Å². The van der Waals surface area contributed by atoms with E-state index in [2.05, 4.69) is 38.0 Å². The van der Waals surface area contributed by atoms with E-state index in [4.69, 9.17) is 16.3 Å². The molecule has 2 aromatic carbocycles. The molecule has 0 saturated carbocycles. The number of rotatable bonds is 9. The van der Waals surface area contributed by atoms with Gasteiger partial charge in [0.25, 0.3) is 0 Å². The van der Waals surface area contributed by atoms with Crippen molar-refractivity contribution in [2.75, 3.05) is 11.1 Å². The van der Waals surface area contributed by atoms with Gasteiger partial charge >= 0.3 is 0 Å². The Morgan fingerprint density at radius 1 is 1.28 bits per heavy atom. The Morgan fingerprint density at radius 2 is 2.07 bits per heavy atom. The first-order valence-electron chi connectivity index (χ1n) is 8.65. The van der Waals surface area contributed by atoms with E-state index in [1.54, 1.807) is 18.2 Å². The maximum absolute atomic E-state index is 12.3. The number of hydrogen-bond acceptors (Lipinski definition) is 5. The third-order valence-corrected chi connectivity index (χ3v) is 5.53. The maximum atomic E-state index is 12.3. The molecule has 1 heterocycles. The van der Waals surface area contributed by atoms with Crippen molar-refractivity contribution in [3.63, 3.8) is 0 Å². The van der Waals surface area contributed by atoms with Crippen LogP contribution >= 0.6 is 39.3 Å². The number of anilines is 1. The first-order valence-corrected chi connectivity index (χ1v) is 10.8. The molecule has 0 aliphatic rings. The van der Waals surface area contributed by atoms with Crippen LogP contribution in [0.3, 0.4) is 0 Å². The largest absolute Gasteiger partial charge is 0.486 e. The van der Waals surface area contributed by atoms with E-state index in [1.165, 1.54) is 11.8 Å². The van der Waals surface area contributed by atoms with Gasteiger partial charge in [0.15, 0.2) is 11.0 Å². The van der Waals surface area contributed by atoms with Crippen molar-refractivity contribution in [3.05, 3.63) is 76.5 Å². The van der Waals surface area contributed by atoms with Crippen LogP contribution in [0.25, 0.3) is 0 Å². The molecule has 0 aliphatic heterocycles. The highest BCUT2D eigenvalue weighted by Gasteiger charge is 2.15. The summed E-state index contributed by atoms with van der Waals surface area (Å²) in [6.45, 7) is 4.57. The summed E-state index contributed by atoms with van der Waals surface area (Å²) in [6, 6.07) is 14.8. The lowest BCUT2D eigenvalue weighted by atomic mass is 10.3. The number of halogens is 2. The lowest BCUT2D eigenvalue weighted by molar-refractivity contribution is -0.113. The van der Waals surface area contributed by atoms with Gasteiger partial charge in [0.2, 0.25) is 5.91 Å². The molecular formula is C20H18BrClN4O2S. The molecule has 0 spiro atoms. The van der Waals surface area contributed by atoms with Gasteiger partial charge in [-0.1, -0.05) is 63.6 Å². The molecule has 29 heavy (non-hydrogen) atoms. The third-order valence-electron chi connectivity index (χ3n) is 3.75. The molecule has 0 unspecified atom stereocenters. The Kier molecular flexibility index (Phi) is 7.74. The molecule has 0 saturated heterocycles. The second-order valence-electron chi connectivity index (χ2n) is 5.86. The maximum Gasteiger partial charge on any atom is 0.234 e. The van der Waals surface area contributed by atoms with Gasteiger partial charge in [0.1, 0.15) is 12.4 Å². The predicted octanol–water partition coefficient (Wildman–Crippen LogP) is 5.19. The van der Waals surface area contributed by atoms with Crippen molar-refractivity contribution in [2.45, 2.75) is 18.3 Å². The third kappa shape index (κ3) is 6.09. The summed E-state index contributed by atoms with van der Waals surface area (Å²) in [7, 11) is 0. The number of nitrogens with zero attached hydrogens (tertiary/aromatic N) is 3. The van der Waals surface area contributed by atoms with Crippen LogP contribution in [0, 0.1) is 0 Å². The number of para-hydroxylation sites is 1. The fraction of sp³-hybridized carbons (Fsp3) is 0.150. The van der Waals surface area contributed by atoms with E-state index in [0.717, 1.165) is 10.2 Å². The normalized spacial score (nSPS) is 10.6. The zero-order valence-electron chi connectivity index (χ0n) is 15.3. The van der Waals surface area contributed by atoms with Crippen molar-refractivity contribution in [1.82, 2.24) is 14.8 Å². The molecule has 1 aromatic heterocycles. The number of carbonyl (C=O) groups is 1. The number of amides is 1. The van der Waals surface area contributed by atoms with Crippen LogP contribution in [0.5, 0.6) is 5.75 Å². The van der Waals surface area contributed by atoms with Crippen molar-refractivity contribution >= 4 is 50.9 Å². The summed E-state index contributed by atoms with van der Waals surface area (Å²) in [5.41, 5.74) is 0.560. The molecule has 3 aromatic rings. The first kappa shape index (κ1) is 21.4. The number of carbonyl (C=O) groups excluding carboxylic acids is 1. The topological polar surface area (TPSA) is 69.0 Å². The lowest BCUT2D eigenvalue weighted by Crippen LogP contribution is -2.15. The quantitative estimate of drug-likeness (QED) is 0.328. The standard InChI is InChI=1S/C20H18BrClN4O2S/c1-2-10-26-18(12-28-15-6-4-3-5-7-15)24-25-20(26)29-13-19(27)23-17-9-8-14(21)11-16(17)22/h2-9,11H,1,10,12-13H2,(H,23,27). The minimum absolute atomic E-state index is 0.168. The Bertz CT molecular complexity index is 997. The van der Waals surface area contributed by atoms with Gasteiger partial charge in [-0.2, -0.15) is 0 Å². The minimum Gasteiger partial charge on any atom is -0.486 e. The van der Waals surface area contributed by atoms with Gasteiger partial charge in [-0.15, -0.1) is 16.8 Å². The summed E-state index contributed by atoms with van der Waals surface area (Å²) in [4.78, 5) is 12.3. The minimum atomic E-state index is -0.186. The summed E-state index contributed by atoms with van der Waals surface area (Å²) in [5.74, 6) is 1.39. The van der Waals surface area contributed by atoms with Crippen LogP contribution in [-0.2, 0) is 17.9 Å². The van der Waals surface area contributed by atoms with E-state index in [0.29, 0.717) is 28.2 Å². The fourth-order valence-corrected chi connectivity index (χ4v) is 3.90. The van der Waals surface area contributed by atoms with Gasteiger partial charge in [-0.25, -0.2) is 0 Å². The number of allylic oxidation sites excluding steroid dienone is 1. The first-order chi connectivity index (χ1) is 14.1. The number of aromatic nitrogens is 3. The monoisotopic (exact) mass is 492 g/mol. The molecule has 1 amide bonds. The van der Waals surface area contributed by atoms with E-state index >= 15 is 0 Å². The second kappa shape index (κ2) is 10.5. The molecular weight excluding hydrogens is 476 g/mol. The molecule has 1 N–H and O–H groups in total. The van der Waals surface area contributed by atoms with Crippen molar-refractivity contribution < 1.29 is 9.53 Å². The van der Waals surface area contributed by atoms with Gasteiger partial charge in [-0.05, 0) is 30.3 Å². The average Bonchev–Trinajstić information content (AvgIpc) is 3.10. The lowest BCUT2D eigenvalue weighted by Gasteiger charge is -2.10. The van der Waals surface area contributed by atoms with Crippen LogP contribution < -0.4 is 10.1 Å². The number of ether oxygens (including phenoxy) is 1. The molecule has 3 rings (SSSR count). The van der Waals surface area contributed by atoms with E-state index in [1.807, 2.05) is 41.0 Å². The van der Waals surface area contributed by atoms with Crippen LogP contribution in [0.2, 0.25) is 5.02 Å². The van der Waals surface area contributed by atoms with Crippen LogP contribution in [0.4, 0.5) is 5.69 Å². The zero-order chi connectivity index (χ0) is 20.6. The van der Waals surface area contributed by atoms with Crippen molar-refractivity contribution in [3.8, 4) is 5.75 Å². The summed E-state index contributed by atoms with van der Waals surface area (Å²) in [6.07, 6.45) is 1.75. The Morgan fingerprint density at radius 3 is 2.79 bits per heavy atom. The van der Waals surface area contributed by atoms with Gasteiger partial charge in [0, 0.05) is 11.0 Å². The van der Waals surface area contributed by atoms with Gasteiger partial charge in [0.05, 0.1) is 16.5 Å². The van der Waals surface area contributed by atoms with Gasteiger partial charge in [-0.3, -0.25) is 9.36 Å². The second-order valence-corrected chi connectivity index (χ2v) is 8.13. The highest BCUT2D eigenvalue weighted by Crippen LogP contribution is 2.26. The Labute approximate surface area is 186 Å². The smallest absolute Gasteiger partial charge is 0.234 e. The molecule has 0 atom stereocenters. The van der Waals surface area contributed by atoms with Crippen LogP contribution in [0.15, 0.2) is 70.8 Å². The molecule has 0 aliphatic carbocycles. The zero-order valence-corrected chi connectivity index (χ0v) is 18.5. The van der Waals surface area contributed by atoms with E-state index in [-0.39, 0.29) is 18.3 Å². The summed E-state index contributed by atoms with van der Waals surface area (Å²) in [5, 5.41) is 12.3. The molecule has 0 fully saturated rings. The number of benzene rings is 2. The number of nitrogens with one attached hydrogen (secondary N) is 1. The molecule has 6 nitrogen and oxygen atoms in total. The van der Waals surface area contributed by atoms with E-state index < -0.39 is 0 Å². The SMILES string of the molecule is C=CCn1c(COc2ccccc2)nnc1SCC(=O)Nc1ccc(Br)cc1Cl. The fourth-order valence-electron chi connectivity index (χ4n) is 2.42. The highest BCUT2D eigenvalue weighted by atomic mass is 79.9. The Hall–Kier alpha value is -2.29. The summed E-state index contributed by atoms with van der Waals surface area (Å²) >= 11 is 10.8. The number of thioether (sulfide) groups is 1. The highest BCUT2D eigenvalue weighted by molar-refractivity contribution is 9.10.